The van der Waals surface area contributed by atoms with Crippen molar-refractivity contribution in [2.24, 2.45) is 0 Å². The molecule has 0 aliphatic carbocycles. The minimum absolute atomic E-state index is 0.194. The number of rotatable bonds is 6. The van der Waals surface area contributed by atoms with Gasteiger partial charge in [0.2, 0.25) is 5.16 Å². The van der Waals surface area contributed by atoms with Crippen molar-refractivity contribution in [3.63, 3.8) is 0 Å². The van der Waals surface area contributed by atoms with Gasteiger partial charge in [0, 0.05) is 5.75 Å². The third kappa shape index (κ3) is 3.48. The molecule has 3 aromatic rings. The molecule has 3 rings (SSSR count). The van der Waals surface area contributed by atoms with Gasteiger partial charge < -0.3 is 10.6 Å². The van der Waals surface area contributed by atoms with E-state index in [9.17, 15) is 8.78 Å². The summed E-state index contributed by atoms with van der Waals surface area (Å²) < 4.78 is 33.8. The van der Waals surface area contributed by atoms with E-state index in [1.807, 2.05) is 0 Å². The molecule has 24 heavy (non-hydrogen) atoms. The number of thioether (sulfide) groups is 1. The van der Waals surface area contributed by atoms with Crippen LogP contribution in [0.2, 0.25) is 0 Å². The lowest BCUT2D eigenvalue weighted by Gasteiger charge is -2.07. The van der Waals surface area contributed by atoms with Crippen molar-refractivity contribution in [2.75, 3.05) is 18.2 Å². The number of ether oxygens (including phenoxy) is 1. The molecule has 0 aliphatic rings. The Balaban J connectivity index is 1.61. The maximum Gasteiger partial charge on any atom is 0.210 e. The first-order valence-electron chi connectivity index (χ1n) is 7.12. The van der Waals surface area contributed by atoms with Gasteiger partial charge in [-0.1, -0.05) is 36.0 Å². The number of nitrogens with zero attached hydrogens (tertiary/aromatic N) is 3. The molecule has 0 saturated carbocycles. The van der Waals surface area contributed by atoms with Crippen LogP contribution in [0.5, 0.6) is 5.75 Å². The number of benzene rings is 2. The summed E-state index contributed by atoms with van der Waals surface area (Å²) in [6.07, 6.45) is 0. The second-order valence-corrected chi connectivity index (χ2v) is 5.85. The molecule has 0 atom stereocenters. The second-order valence-electron chi connectivity index (χ2n) is 4.78. The predicted molar refractivity (Wildman–Crippen MR) is 88.2 cm³/mol. The molecule has 5 nitrogen and oxygen atoms in total. The fourth-order valence-electron chi connectivity index (χ4n) is 2.05. The Labute approximate surface area is 141 Å². The van der Waals surface area contributed by atoms with Crippen molar-refractivity contribution in [1.82, 2.24) is 14.9 Å². The Morgan fingerprint density at radius 3 is 2.46 bits per heavy atom. The molecule has 0 spiro atoms. The second kappa shape index (κ2) is 7.31. The van der Waals surface area contributed by atoms with Gasteiger partial charge >= 0.3 is 0 Å². The molecule has 0 amide bonds. The monoisotopic (exact) mass is 348 g/mol. The zero-order valence-electron chi connectivity index (χ0n) is 12.5. The molecule has 2 N–H and O–H groups in total. The summed E-state index contributed by atoms with van der Waals surface area (Å²) in [6, 6.07) is 12.4. The first-order valence-corrected chi connectivity index (χ1v) is 8.11. The number of nitrogens with two attached hydrogens (primary N) is 1. The van der Waals surface area contributed by atoms with Crippen LogP contribution in [0.4, 0.5) is 8.78 Å². The number of hydrogen-bond donors (Lipinski definition) is 1. The number of halogens is 2. The molecule has 0 saturated heterocycles. The standard InChI is InChI=1S/C16H14F2N4OS/c17-12-6-2-1-5-11(12)15-20-21-16(22(15)19)24-10-9-23-14-8-4-3-7-13(14)18/h1-8H,9-10,19H2. The number of para-hydroxylation sites is 1. The van der Waals surface area contributed by atoms with Gasteiger partial charge in [-0.3, -0.25) is 0 Å². The number of aromatic nitrogens is 3. The molecule has 124 valence electrons. The van der Waals surface area contributed by atoms with Crippen LogP contribution < -0.4 is 10.6 Å². The van der Waals surface area contributed by atoms with Crippen molar-refractivity contribution in [3.8, 4) is 17.1 Å². The molecule has 0 bridgehead atoms. The molecule has 2 aromatic carbocycles. The largest absolute Gasteiger partial charge is 0.490 e. The van der Waals surface area contributed by atoms with E-state index in [0.717, 1.165) is 0 Å². The summed E-state index contributed by atoms with van der Waals surface area (Å²) in [4.78, 5) is 0. The van der Waals surface area contributed by atoms with Crippen LogP contribution in [0.1, 0.15) is 0 Å². The molecule has 1 heterocycles. The lowest BCUT2D eigenvalue weighted by atomic mass is 10.2. The molecule has 0 radical (unpaired) electrons. The van der Waals surface area contributed by atoms with E-state index >= 15 is 0 Å². The lowest BCUT2D eigenvalue weighted by Crippen LogP contribution is -2.13. The van der Waals surface area contributed by atoms with Crippen LogP contribution in [0, 0.1) is 11.6 Å². The number of nitrogen functional groups attached to an aromatic ring is 1. The van der Waals surface area contributed by atoms with Crippen molar-refractivity contribution >= 4 is 11.8 Å². The van der Waals surface area contributed by atoms with Crippen LogP contribution >= 0.6 is 11.8 Å². The van der Waals surface area contributed by atoms with Gasteiger partial charge in [-0.05, 0) is 24.3 Å². The molecular formula is C16H14F2N4OS. The Bertz CT molecular complexity index is 840. The van der Waals surface area contributed by atoms with Gasteiger partial charge in [-0.25, -0.2) is 13.5 Å². The average molecular weight is 348 g/mol. The molecular weight excluding hydrogens is 334 g/mol. The number of hydrogen-bond acceptors (Lipinski definition) is 5. The Morgan fingerprint density at radius 1 is 1.00 bits per heavy atom. The smallest absolute Gasteiger partial charge is 0.210 e. The summed E-state index contributed by atoms with van der Waals surface area (Å²) in [5, 5.41) is 8.30. The third-order valence-corrected chi connectivity index (χ3v) is 4.10. The first-order chi connectivity index (χ1) is 11.7. The maximum atomic E-state index is 13.8. The van der Waals surface area contributed by atoms with E-state index < -0.39 is 11.6 Å². The van der Waals surface area contributed by atoms with Crippen molar-refractivity contribution in [2.45, 2.75) is 5.16 Å². The Hall–Kier alpha value is -2.61. The minimum Gasteiger partial charge on any atom is -0.490 e. The van der Waals surface area contributed by atoms with Crippen LogP contribution in [-0.4, -0.2) is 27.2 Å². The lowest BCUT2D eigenvalue weighted by molar-refractivity contribution is 0.325. The topological polar surface area (TPSA) is 66.0 Å². The van der Waals surface area contributed by atoms with E-state index in [1.54, 1.807) is 36.4 Å². The third-order valence-electron chi connectivity index (χ3n) is 3.19. The molecule has 1 aromatic heterocycles. The highest BCUT2D eigenvalue weighted by Gasteiger charge is 2.15. The Kier molecular flexibility index (Phi) is 4.95. The van der Waals surface area contributed by atoms with E-state index in [1.165, 1.54) is 28.6 Å². The quantitative estimate of drug-likeness (QED) is 0.421. The molecule has 0 aliphatic heterocycles. The van der Waals surface area contributed by atoms with E-state index in [4.69, 9.17) is 10.6 Å². The zero-order valence-corrected chi connectivity index (χ0v) is 13.3. The van der Waals surface area contributed by atoms with E-state index in [2.05, 4.69) is 10.2 Å². The van der Waals surface area contributed by atoms with Gasteiger partial charge in [-0.2, -0.15) is 0 Å². The zero-order chi connectivity index (χ0) is 16.9. The fraction of sp³-hybridized carbons (Fsp3) is 0.125. The summed E-state index contributed by atoms with van der Waals surface area (Å²) in [5.74, 6) is 6.02. The van der Waals surface area contributed by atoms with Gasteiger partial charge in [0.25, 0.3) is 0 Å². The highest BCUT2D eigenvalue weighted by Crippen LogP contribution is 2.24. The first kappa shape index (κ1) is 16.3. The van der Waals surface area contributed by atoms with Crippen LogP contribution in [0.3, 0.4) is 0 Å². The van der Waals surface area contributed by atoms with Crippen molar-refractivity contribution < 1.29 is 13.5 Å². The summed E-state index contributed by atoms with van der Waals surface area (Å²) in [6.45, 7) is 0.271. The highest BCUT2D eigenvalue weighted by molar-refractivity contribution is 7.99. The summed E-state index contributed by atoms with van der Waals surface area (Å²) in [5.41, 5.74) is 0.280. The van der Waals surface area contributed by atoms with E-state index in [-0.39, 0.29) is 23.7 Å². The maximum absolute atomic E-state index is 13.8. The van der Waals surface area contributed by atoms with Gasteiger partial charge in [0.05, 0.1) is 12.2 Å². The SMILES string of the molecule is Nn1c(SCCOc2ccccc2F)nnc1-c1ccccc1F. The van der Waals surface area contributed by atoms with Gasteiger partial charge in [0.1, 0.15) is 5.82 Å². The summed E-state index contributed by atoms with van der Waals surface area (Å²) in [7, 11) is 0. The van der Waals surface area contributed by atoms with Crippen molar-refractivity contribution in [1.29, 1.82) is 0 Å². The molecule has 0 unspecified atom stereocenters. The van der Waals surface area contributed by atoms with Crippen LogP contribution in [-0.2, 0) is 0 Å². The fourth-order valence-corrected chi connectivity index (χ4v) is 2.72. The van der Waals surface area contributed by atoms with Gasteiger partial charge in [0.15, 0.2) is 17.4 Å². The Morgan fingerprint density at radius 2 is 1.71 bits per heavy atom. The average Bonchev–Trinajstić information content (AvgIpc) is 2.94. The highest BCUT2D eigenvalue weighted by atomic mass is 32.2. The normalized spacial score (nSPS) is 10.8. The van der Waals surface area contributed by atoms with Crippen LogP contribution in [0.15, 0.2) is 53.7 Å². The molecule has 0 fully saturated rings. The predicted octanol–water partition coefficient (Wildman–Crippen LogP) is 3.11. The van der Waals surface area contributed by atoms with Crippen LogP contribution in [0.25, 0.3) is 11.4 Å². The summed E-state index contributed by atoms with van der Waals surface area (Å²) >= 11 is 1.29. The minimum atomic E-state index is -0.420. The van der Waals surface area contributed by atoms with E-state index in [0.29, 0.717) is 10.9 Å². The molecule has 8 heteroatoms. The van der Waals surface area contributed by atoms with Crippen molar-refractivity contribution in [3.05, 3.63) is 60.2 Å². The van der Waals surface area contributed by atoms with Gasteiger partial charge in [-0.15, -0.1) is 10.2 Å².